The summed E-state index contributed by atoms with van der Waals surface area (Å²) in [6, 6.07) is 0. The van der Waals surface area contributed by atoms with Crippen LogP contribution in [0.5, 0.6) is 0 Å². The molecule has 3 nitrogen and oxygen atoms in total. The fourth-order valence-electron chi connectivity index (χ4n) is 0.503. The van der Waals surface area contributed by atoms with Crippen molar-refractivity contribution in [2.45, 2.75) is 32.8 Å². The molecule has 0 saturated carbocycles. The number of primary amides is 1. The number of amides is 1. The molecule has 3 heteroatoms. The van der Waals surface area contributed by atoms with Crippen molar-refractivity contribution in [2.75, 3.05) is 0 Å². The first-order valence-electron chi connectivity index (χ1n) is 3.52. The third-order valence-corrected chi connectivity index (χ3v) is 1.44. The molecular formula is C8H15NO2. The predicted octanol–water partition coefficient (Wildman–Crippen LogP) is 0.579. The molecular weight excluding hydrogens is 142 g/mol. The summed E-state index contributed by atoms with van der Waals surface area (Å²) in [7, 11) is 0. The molecule has 1 amide bonds. The number of rotatable bonds is 3. The zero-order valence-corrected chi connectivity index (χ0v) is 7.22. The summed E-state index contributed by atoms with van der Waals surface area (Å²) in [5, 5.41) is 9.32. The summed E-state index contributed by atoms with van der Waals surface area (Å²) in [6.07, 6.45) is 2.06. The van der Waals surface area contributed by atoms with Gasteiger partial charge in [-0.2, -0.15) is 0 Å². The van der Waals surface area contributed by atoms with Crippen molar-refractivity contribution in [1.82, 2.24) is 0 Å². The lowest BCUT2D eigenvalue weighted by molar-refractivity contribution is -0.134. The summed E-state index contributed by atoms with van der Waals surface area (Å²) in [6.45, 7) is 5.21. The molecule has 11 heavy (non-hydrogen) atoms. The zero-order valence-electron chi connectivity index (χ0n) is 7.22. The van der Waals surface area contributed by atoms with Crippen molar-refractivity contribution in [3.8, 4) is 0 Å². The second-order valence-electron chi connectivity index (χ2n) is 3.12. The quantitative estimate of drug-likeness (QED) is 0.588. The lowest BCUT2D eigenvalue weighted by atomic mass is 10.0. The van der Waals surface area contributed by atoms with E-state index in [9.17, 15) is 9.90 Å². The SMILES string of the molecule is CC(C)=CCC(C)(O)C(N)=O. The third kappa shape index (κ3) is 3.78. The van der Waals surface area contributed by atoms with Gasteiger partial charge in [0.05, 0.1) is 0 Å². The van der Waals surface area contributed by atoms with Gasteiger partial charge in [0.1, 0.15) is 5.60 Å². The smallest absolute Gasteiger partial charge is 0.249 e. The normalized spacial score (nSPS) is 15.3. The first-order chi connectivity index (χ1) is 4.86. The molecule has 0 aliphatic heterocycles. The number of nitrogens with two attached hydrogens (primary N) is 1. The first kappa shape index (κ1) is 10.2. The second-order valence-corrected chi connectivity index (χ2v) is 3.12. The average Bonchev–Trinajstić information content (AvgIpc) is 1.84. The van der Waals surface area contributed by atoms with E-state index in [1.807, 2.05) is 13.8 Å². The highest BCUT2D eigenvalue weighted by molar-refractivity contribution is 5.82. The van der Waals surface area contributed by atoms with Gasteiger partial charge in [-0.1, -0.05) is 11.6 Å². The summed E-state index contributed by atoms with van der Waals surface area (Å²) in [4.78, 5) is 10.6. The Morgan fingerprint density at radius 1 is 1.64 bits per heavy atom. The van der Waals surface area contributed by atoms with E-state index >= 15 is 0 Å². The van der Waals surface area contributed by atoms with E-state index in [-0.39, 0.29) is 6.42 Å². The molecule has 1 atom stereocenters. The van der Waals surface area contributed by atoms with Crippen molar-refractivity contribution >= 4 is 5.91 Å². The molecule has 0 bridgehead atoms. The Morgan fingerprint density at radius 3 is 2.36 bits per heavy atom. The van der Waals surface area contributed by atoms with Crippen molar-refractivity contribution < 1.29 is 9.90 Å². The van der Waals surface area contributed by atoms with E-state index in [0.29, 0.717) is 0 Å². The maximum Gasteiger partial charge on any atom is 0.249 e. The minimum atomic E-state index is -1.41. The van der Waals surface area contributed by atoms with Gasteiger partial charge in [0.15, 0.2) is 0 Å². The van der Waals surface area contributed by atoms with E-state index in [4.69, 9.17) is 5.73 Å². The van der Waals surface area contributed by atoms with E-state index < -0.39 is 11.5 Å². The van der Waals surface area contributed by atoms with Crippen LogP contribution >= 0.6 is 0 Å². The highest BCUT2D eigenvalue weighted by Crippen LogP contribution is 2.10. The lowest BCUT2D eigenvalue weighted by Gasteiger charge is -2.16. The van der Waals surface area contributed by atoms with Gasteiger partial charge in [-0.15, -0.1) is 0 Å². The summed E-state index contributed by atoms with van der Waals surface area (Å²) < 4.78 is 0. The van der Waals surface area contributed by atoms with Crippen LogP contribution in [-0.4, -0.2) is 16.6 Å². The number of aliphatic hydroxyl groups is 1. The highest BCUT2D eigenvalue weighted by Gasteiger charge is 2.25. The fourth-order valence-corrected chi connectivity index (χ4v) is 0.503. The lowest BCUT2D eigenvalue weighted by Crippen LogP contribution is -2.40. The Balaban J connectivity index is 4.14. The number of carbonyl (C=O) groups is 1. The molecule has 0 saturated heterocycles. The largest absolute Gasteiger partial charge is 0.380 e. The van der Waals surface area contributed by atoms with Crippen LogP contribution in [0.2, 0.25) is 0 Å². The van der Waals surface area contributed by atoms with Gasteiger partial charge in [-0.25, -0.2) is 0 Å². The van der Waals surface area contributed by atoms with Crippen LogP contribution in [0.1, 0.15) is 27.2 Å². The molecule has 0 fully saturated rings. The average molecular weight is 157 g/mol. The monoisotopic (exact) mass is 157 g/mol. The molecule has 0 aliphatic rings. The Bertz CT molecular complexity index is 179. The summed E-state index contributed by atoms with van der Waals surface area (Å²) in [5.41, 5.74) is 4.59. The van der Waals surface area contributed by atoms with Crippen LogP contribution < -0.4 is 5.73 Å². The second kappa shape index (κ2) is 3.53. The van der Waals surface area contributed by atoms with Gasteiger partial charge in [-0.3, -0.25) is 4.79 Å². The molecule has 0 rings (SSSR count). The van der Waals surface area contributed by atoms with Crippen molar-refractivity contribution in [3.63, 3.8) is 0 Å². The maximum absolute atomic E-state index is 10.6. The van der Waals surface area contributed by atoms with Gasteiger partial charge in [0, 0.05) is 6.42 Å². The zero-order chi connectivity index (χ0) is 9.07. The Labute approximate surface area is 66.9 Å². The number of carbonyl (C=O) groups excluding carboxylic acids is 1. The predicted molar refractivity (Wildman–Crippen MR) is 43.9 cm³/mol. The number of hydrogen-bond donors (Lipinski definition) is 2. The molecule has 1 unspecified atom stereocenters. The van der Waals surface area contributed by atoms with Gasteiger partial charge < -0.3 is 10.8 Å². The maximum atomic E-state index is 10.6. The molecule has 0 aromatic carbocycles. The molecule has 0 radical (unpaired) electrons. The Kier molecular flexibility index (Phi) is 3.26. The van der Waals surface area contributed by atoms with E-state index in [1.54, 1.807) is 6.08 Å². The van der Waals surface area contributed by atoms with Crippen LogP contribution in [0.25, 0.3) is 0 Å². The topological polar surface area (TPSA) is 63.3 Å². The molecule has 0 heterocycles. The van der Waals surface area contributed by atoms with Gasteiger partial charge in [0.25, 0.3) is 0 Å². The summed E-state index contributed by atoms with van der Waals surface area (Å²) in [5.74, 6) is -0.685. The van der Waals surface area contributed by atoms with Crippen molar-refractivity contribution in [2.24, 2.45) is 5.73 Å². The molecule has 0 aliphatic carbocycles. The Hall–Kier alpha value is -0.830. The molecule has 3 N–H and O–H groups in total. The molecule has 0 spiro atoms. The van der Waals surface area contributed by atoms with Crippen molar-refractivity contribution in [3.05, 3.63) is 11.6 Å². The standard InChI is InChI=1S/C8H15NO2/c1-6(2)4-5-8(3,11)7(9)10/h4,11H,5H2,1-3H3,(H2,9,10). The number of hydrogen-bond acceptors (Lipinski definition) is 2. The Morgan fingerprint density at radius 2 is 2.09 bits per heavy atom. The minimum Gasteiger partial charge on any atom is -0.380 e. The molecule has 64 valence electrons. The van der Waals surface area contributed by atoms with E-state index in [0.717, 1.165) is 5.57 Å². The molecule has 0 aromatic heterocycles. The van der Waals surface area contributed by atoms with Gasteiger partial charge >= 0.3 is 0 Å². The minimum absolute atomic E-state index is 0.282. The van der Waals surface area contributed by atoms with E-state index in [1.165, 1.54) is 6.92 Å². The highest BCUT2D eigenvalue weighted by atomic mass is 16.3. The third-order valence-electron chi connectivity index (χ3n) is 1.44. The fraction of sp³-hybridized carbons (Fsp3) is 0.625. The van der Waals surface area contributed by atoms with Crippen molar-refractivity contribution in [1.29, 1.82) is 0 Å². The van der Waals surface area contributed by atoms with Gasteiger partial charge in [-0.05, 0) is 20.8 Å². The molecule has 0 aromatic rings. The number of allylic oxidation sites excluding steroid dienone is 1. The van der Waals surface area contributed by atoms with Gasteiger partial charge in [0.2, 0.25) is 5.91 Å². The van der Waals surface area contributed by atoms with Crippen LogP contribution in [0, 0.1) is 0 Å². The summed E-state index contributed by atoms with van der Waals surface area (Å²) >= 11 is 0. The van der Waals surface area contributed by atoms with E-state index in [2.05, 4.69) is 0 Å². The van der Waals surface area contributed by atoms with Crippen LogP contribution in [-0.2, 0) is 4.79 Å². The van der Waals surface area contributed by atoms with Crippen LogP contribution in [0.4, 0.5) is 0 Å². The van der Waals surface area contributed by atoms with Crippen LogP contribution in [0.3, 0.4) is 0 Å². The first-order valence-corrected chi connectivity index (χ1v) is 3.52. The van der Waals surface area contributed by atoms with Crippen LogP contribution in [0.15, 0.2) is 11.6 Å².